The van der Waals surface area contributed by atoms with Gasteiger partial charge in [-0.25, -0.2) is 9.18 Å². The predicted molar refractivity (Wildman–Crippen MR) is 48.8 cm³/mol. The van der Waals surface area contributed by atoms with Crippen LogP contribution in [0.15, 0.2) is 0 Å². The molecular formula is C9H13FO6. The third-order valence-electron chi connectivity index (χ3n) is 1.29. The number of alkyl halides is 1. The quantitative estimate of drug-likeness (QED) is 0.506. The Bertz CT molecular complexity index is 275. The summed E-state index contributed by atoms with van der Waals surface area (Å²) in [4.78, 5) is 31.9. The van der Waals surface area contributed by atoms with E-state index in [1.165, 1.54) is 0 Å². The molecule has 6 nitrogen and oxygen atoms in total. The van der Waals surface area contributed by atoms with Gasteiger partial charge in [-0.1, -0.05) is 0 Å². The molecule has 0 aromatic rings. The fourth-order valence-corrected chi connectivity index (χ4v) is 0.686. The fraction of sp³-hybridized carbons (Fsp3) is 0.667. The summed E-state index contributed by atoms with van der Waals surface area (Å²) in [6, 6.07) is 0. The van der Waals surface area contributed by atoms with Crippen molar-refractivity contribution in [2.24, 2.45) is 0 Å². The van der Waals surface area contributed by atoms with Gasteiger partial charge in [-0.05, 0) is 6.92 Å². The lowest BCUT2D eigenvalue weighted by molar-refractivity contribution is -0.200. The number of rotatable bonds is 5. The highest BCUT2D eigenvalue weighted by molar-refractivity contribution is 5.74. The number of esters is 3. The Hall–Kier alpha value is -1.66. The van der Waals surface area contributed by atoms with Crippen LogP contribution < -0.4 is 0 Å². The largest absolute Gasteiger partial charge is 0.458 e. The molecule has 0 heterocycles. The molecule has 0 saturated heterocycles. The smallest absolute Gasteiger partial charge is 0.343 e. The molecule has 0 aliphatic carbocycles. The van der Waals surface area contributed by atoms with Crippen LogP contribution in [-0.4, -0.2) is 37.0 Å². The highest BCUT2D eigenvalue weighted by Crippen LogP contribution is 2.02. The summed E-state index contributed by atoms with van der Waals surface area (Å²) in [7, 11) is 0. The molecule has 0 aliphatic heterocycles. The molecule has 0 saturated carbocycles. The second-order valence-electron chi connectivity index (χ2n) is 2.89. The van der Waals surface area contributed by atoms with Crippen LogP contribution in [0.5, 0.6) is 0 Å². The maximum atomic E-state index is 12.5. The maximum Gasteiger partial charge on any atom is 0.343 e. The lowest BCUT2D eigenvalue weighted by Crippen LogP contribution is -2.31. The molecule has 0 spiro atoms. The molecular weight excluding hydrogens is 223 g/mol. The van der Waals surface area contributed by atoms with Crippen molar-refractivity contribution in [3.63, 3.8) is 0 Å². The van der Waals surface area contributed by atoms with Crippen LogP contribution in [0.25, 0.3) is 0 Å². The van der Waals surface area contributed by atoms with Crippen molar-refractivity contribution >= 4 is 17.9 Å². The first kappa shape index (κ1) is 14.3. The van der Waals surface area contributed by atoms with E-state index in [2.05, 4.69) is 14.2 Å². The van der Waals surface area contributed by atoms with Crippen molar-refractivity contribution < 1.29 is 33.0 Å². The molecule has 0 unspecified atom stereocenters. The normalized spacial score (nSPS) is 13.5. The van der Waals surface area contributed by atoms with Crippen molar-refractivity contribution in [2.75, 3.05) is 6.61 Å². The van der Waals surface area contributed by atoms with Gasteiger partial charge in [0.05, 0.1) is 0 Å². The van der Waals surface area contributed by atoms with Crippen LogP contribution in [0.3, 0.4) is 0 Å². The summed E-state index contributed by atoms with van der Waals surface area (Å²) in [5, 5.41) is 0. The first-order valence-electron chi connectivity index (χ1n) is 4.48. The van der Waals surface area contributed by atoms with Crippen LogP contribution in [0.1, 0.15) is 20.8 Å². The van der Waals surface area contributed by atoms with E-state index in [9.17, 15) is 18.8 Å². The molecule has 0 amide bonds. The van der Waals surface area contributed by atoms with Gasteiger partial charge in [-0.3, -0.25) is 9.59 Å². The van der Waals surface area contributed by atoms with E-state index in [0.29, 0.717) is 0 Å². The summed E-state index contributed by atoms with van der Waals surface area (Å²) >= 11 is 0. The third-order valence-corrected chi connectivity index (χ3v) is 1.29. The Balaban J connectivity index is 4.25. The van der Waals surface area contributed by atoms with Gasteiger partial charge in [0.25, 0.3) is 6.29 Å². The second-order valence-corrected chi connectivity index (χ2v) is 2.89. The van der Waals surface area contributed by atoms with Gasteiger partial charge in [0.1, 0.15) is 0 Å². The number of carbonyl (C=O) groups excluding carboxylic acids is 3. The number of hydrogen-bond acceptors (Lipinski definition) is 6. The van der Waals surface area contributed by atoms with Crippen molar-refractivity contribution in [3.05, 3.63) is 0 Å². The highest BCUT2D eigenvalue weighted by atomic mass is 19.1. The van der Waals surface area contributed by atoms with E-state index >= 15 is 0 Å². The summed E-state index contributed by atoms with van der Waals surface area (Å²) < 4.78 is 25.9. The van der Waals surface area contributed by atoms with Gasteiger partial charge in [0, 0.05) is 13.8 Å². The number of carbonyl (C=O) groups is 3. The van der Waals surface area contributed by atoms with Crippen molar-refractivity contribution in [2.45, 2.75) is 33.2 Å². The minimum Gasteiger partial charge on any atom is -0.458 e. The lowest BCUT2D eigenvalue weighted by atomic mass is 10.4. The standard InChI is InChI=1S/C9H13FO6/c1-5(10)9(13)16-8(15-7(3)12)4-14-6(2)11/h5,8H,4H2,1-3H3/t5-,8-/m0/s1. The Labute approximate surface area is 91.6 Å². The molecule has 0 N–H and O–H groups in total. The van der Waals surface area contributed by atoms with Crippen LogP contribution in [0, 0.1) is 0 Å². The van der Waals surface area contributed by atoms with Crippen LogP contribution in [-0.2, 0) is 28.6 Å². The number of ether oxygens (including phenoxy) is 3. The second kappa shape index (κ2) is 6.76. The monoisotopic (exact) mass is 236 g/mol. The van der Waals surface area contributed by atoms with Crippen molar-refractivity contribution in [3.8, 4) is 0 Å². The minimum absolute atomic E-state index is 0.465. The molecule has 0 radical (unpaired) electrons. The van der Waals surface area contributed by atoms with E-state index in [-0.39, 0.29) is 0 Å². The SMILES string of the molecule is CC(=O)OC[C@@H](OC(C)=O)OC(=O)[C@H](C)F. The van der Waals surface area contributed by atoms with Crippen molar-refractivity contribution in [1.29, 1.82) is 0 Å². The summed E-state index contributed by atoms with van der Waals surface area (Å²) in [6.07, 6.45) is -3.28. The van der Waals surface area contributed by atoms with E-state index in [1.807, 2.05) is 0 Å². The molecule has 2 atom stereocenters. The van der Waals surface area contributed by atoms with Gasteiger partial charge in [-0.2, -0.15) is 0 Å². The van der Waals surface area contributed by atoms with Gasteiger partial charge in [-0.15, -0.1) is 0 Å². The molecule has 0 fully saturated rings. The molecule has 0 bridgehead atoms. The average molecular weight is 236 g/mol. The third kappa shape index (κ3) is 6.74. The zero-order valence-corrected chi connectivity index (χ0v) is 9.19. The molecule has 0 aromatic heterocycles. The summed E-state index contributed by atoms with van der Waals surface area (Å²) in [5.74, 6) is -2.57. The number of halogens is 1. The lowest BCUT2D eigenvalue weighted by Gasteiger charge is -2.17. The molecule has 16 heavy (non-hydrogen) atoms. The van der Waals surface area contributed by atoms with Crippen LogP contribution in [0.4, 0.5) is 4.39 Å². The van der Waals surface area contributed by atoms with Crippen LogP contribution in [0.2, 0.25) is 0 Å². The highest BCUT2D eigenvalue weighted by Gasteiger charge is 2.22. The van der Waals surface area contributed by atoms with E-state index < -0.39 is 37.0 Å². The Kier molecular flexibility index (Phi) is 6.06. The summed E-state index contributed by atoms with van der Waals surface area (Å²) in [5.41, 5.74) is 0. The summed E-state index contributed by atoms with van der Waals surface area (Å²) in [6.45, 7) is 2.71. The fourth-order valence-electron chi connectivity index (χ4n) is 0.686. The van der Waals surface area contributed by atoms with Gasteiger partial charge in [0.15, 0.2) is 12.8 Å². The molecule has 0 aliphatic rings. The zero-order valence-electron chi connectivity index (χ0n) is 9.19. The van der Waals surface area contributed by atoms with E-state index in [0.717, 1.165) is 20.8 Å². The maximum absolute atomic E-state index is 12.5. The molecule has 0 rings (SSSR count). The Morgan fingerprint density at radius 3 is 2.06 bits per heavy atom. The van der Waals surface area contributed by atoms with Gasteiger partial charge < -0.3 is 14.2 Å². The molecule has 7 heteroatoms. The topological polar surface area (TPSA) is 78.9 Å². The van der Waals surface area contributed by atoms with E-state index in [1.54, 1.807) is 0 Å². The Morgan fingerprint density at radius 1 is 1.12 bits per heavy atom. The van der Waals surface area contributed by atoms with Gasteiger partial charge in [0.2, 0.25) is 0 Å². The van der Waals surface area contributed by atoms with E-state index in [4.69, 9.17) is 0 Å². The zero-order chi connectivity index (χ0) is 12.7. The molecule has 0 aromatic carbocycles. The first-order chi connectivity index (χ1) is 7.32. The molecule has 92 valence electrons. The average Bonchev–Trinajstić information content (AvgIpc) is 2.12. The van der Waals surface area contributed by atoms with Crippen molar-refractivity contribution in [1.82, 2.24) is 0 Å². The minimum atomic E-state index is -1.85. The first-order valence-corrected chi connectivity index (χ1v) is 4.48. The number of hydrogen-bond donors (Lipinski definition) is 0. The predicted octanol–water partition coefficient (Wildman–Crippen LogP) is 0.340. The van der Waals surface area contributed by atoms with Gasteiger partial charge >= 0.3 is 17.9 Å². The van der Waals surface area contributed by atoms with Crippen LogP contribution >= 0.6 is 0 Å². The Morgan fingerprint density at radius 2 is 1.69 bits per heavy atom.